The summed E-state index contributed by atoms with van der Waals surface area (Å²) < 4.78 is 36.7. The average molecular weight is 246 g/mol. The summed E-state index contributed by atoms with van der Waals surface area (Å²) in [7, 11) is 0. The van der Waals surface area contributed by atoms with E-state index in [1.807, 2.05) is 19.9 Å². The molecule has 0 bridgehead atoms. The summed E-state index contributed by atoms with van der Waals surface area (Å²) in [5.74, 6) is 0. The molecule has 0 saturated carbocycles. The van der Waals surface area contributed by atoms with Gasteiger partial charge in [0.1, 0.15) is 0 Å². The third-order valence-electron chi connectivity index (χ3n) is 2.59. The van der Waals surface area contributed by atoms with Gasteiger partial charge in [-0.1, -0.05) is 13.0 Å². The van der Waals surface area contributed by atoms with Crippen LogP contribution in [0.15, 0.2) is 18.3 Å². The fraction of sp³-hybridized carbons (Fsp3) is 0.583. The Morgan fingerprint density at radius 2 is 2.12 bits per heavy atom. The topological polar surface area (TPSA) is 24.9 Å². The first kappa shape index (κ1) is 14.0. The number of alkyl halides is 3. The maximum absolute atomic E-state index is 12.2. The molecule has 17 heavy (non-hydrogen) atoms. The van der Waals surface area contributed by atoms with Crippen LogP contribution < -0.4 is 5.32 Å². The third kappa shape index (κ3) is 4.73. The van der Waals surface area contributed by atoms with Crippen molar-refractivity contribution in [1.82, 2.24) is 10.3 Å². The number of nitrogens with one attached hydrogen (secondary N) is 1. The van der Waals surface area contributed by atoms with Crippen molar-refractivity contribution >= 4 is 0 Å². The lowest BCUT2D eigenvalue weighted by atomic mass is 10.0. The van der Waals surface area contributed by atoms with Crippen LogP contribution in [0.2, 0.25) is 0 Å². The Labute approximate surface area is 99.3 Å². The lowest BCUT2D eigenvalue weighted by molar-refractivity contribution is -0.136. The average Bonchev–Trinajstić information content (AvgIpc) is 2.24. The van der Waals surface area contributed by atoms with E-state index < -0.39 is 12.6 Å². The van der Waals surface area contributed by atoms with E-state index in [0.29, 0.717) is 6.54 Å². The number of pyridine rings is 1. The molecule has 2 nitrogen and oxygen atoms in total. The Balaban J connectivity index is 2.75. The number of aromatic nitrogens is 1. The predicted octanol–water partition coefficient (Wildman–Crippen LogP) is 3.38. The zero-order chi connectivity index (χ0) is 12.9. The van der Waals surface area contributed by atoms with Gasteiger partial charge in [0.05, 0.1) is 0 Å². The summed E-state index contributed by atoms with van der Waals surface area (Å²) in [4.78, 5) is 4.11. The van der Waals surface area contributed by atoms with E-state index >= 15 is 0 Å². The highest BCUT2D eigenvalue weighted by Gasteiger charge is 2.28. The van der Waals surface area contributed by atoms with E-state index in [1.54, 1.807) is 12.3 Å². The van der Waals surface area contributed by atoms with Crippen LogP contribution in [0.25, 0.3) is 0 Å². The van der Waals surface area contributed by atoms with E-state index in [4.69, 9.17) is 0 Å². The highest BCUT2D eigenvalue weighted by Crippen LogP contribution is 2.28. The highest BCUT2D eigenvalue weighted by atomic mass is 19.4. The van der Waals surface area contributed by atoms with E-state index in [-0.39, 0.29) is 12.5 Å². The van der Waals surface area contributed by atoms with Crippen molar-refractivity contribution in [2.24, 2.45) is 0 Å². The Kier molecular flexibility index (Phi) is 4.93. The highest BCUT2D eigenvalue weighted by molar-refractivity contribution is 5.22. The minimum atomic E-state index is -4.11. The second kappa shape index (κ2) is 6.00. The van der Waals surface area contributed by atoms with Crippen molar-refractivity contribution in [2.45, 2.75) is 38.9 Å². The van der Waals surface area contributed by atoms with E-state index in [2.05, 4.69) is 10.3 Å². The summed E-state index contributed by atoms with van der Waals surface area (Å²) in [6.45, 7) is 4.33. The molecule has 0 aliphatic heterocycles. The smallest absolute Gasteiger partial charge is 0.310 e. The first-order valence-electron chi connectivity index (χ1n) is 5.65. The normalized spacial score (nSPS) is 13.7. The Morgan fingerprint density at radius 3 is 2.65 bits per heavy atom. The zero-order valence-corrected chi connectivity index (χ0v) is 10.0. The lowest BCUT2D eigenvalue weighted by Gasteiger charge is -2.20. The molecule has 0 amide bonds. The predicted molar refractivity (Wildman–Crippen MR) is 60.7 cm³/mol. The summed E-state index contributed by atoms with van der Waals surface area (Å²) >= 11 is 0. The summed E-state index contributed by atoms with van der Waals surface area (Å²) in [6.07, 6.45) is -3.20. The number of nitrogens with zero attached hydrogens (tertiary/aromatic N) is 1. The molecule has 1 aromatic rings. The second-order valence-electron chi connectivity index (χ2n) is 3.94. The fourth-order valence-corrected chi connectivity index (χ4v) is 1.79. The van der Waals surface area contributed by atoms with Crippen LogP contribution in [0.5, 0.6) is 0 Å². The Morgan fingerprint density at radius 1 is 1.41 bits per heavy atom. The van der Waals surface area contributed by atoms with Gasteiger partial charge in [0.15, 0.2) is 0 Å². The molecule has 1 atom stereocenters. The molecule has 96 valence electrons. The SMILES string of the molecule is CCNC(CCC(F)(F)F)c1cccnc1C. The Hall–Kier alpha value is -1.10. The van der Waals surface area contributed by atoms with Crippen LogP contribution >= 0.6 is 0 Å². The minimum absolute atomic E-state index is 0.0455. The van der Waals surface area contributed by atoms with E-state index in [9.17, 15) is 13.2 Å². The standard InChI is InChI=1S/C12H17F3N2/c1-3-16-11(6-7-12(13,14)15)10-5-4-8-17-9(10)2/h4-5,8,11,16H,3,6-7H2,1-2H3. The molecule has 1 N–H and O–H groups in total. The van der Waals surface area contributed by atoms with Crippen molar-refractivity contribution in [3.63, 3.8) is 0 Å². The zero-order valence-electron chi connectivity index (χ0n) is 10.0. The maximum Gasteiger partial charge on any atom is 0.389 e. The number of hydrogen-bond donors (Lipinski definition) is 1. The quantitative estimate of drug-likeness (QED) is 0.861. The lowest BCUT2D eigenvalue weighted by Crippen LogP contribution is -2.24. The molecule has 0 spiro atoms. The summed E-state index contributed by atoms with van der Waals surface area (Å²) in [6, 6.07) is 3.29. The van der Waals surface area contributed by atoms with E-state index in [0.717, 1.165) is 11.3 Å². The van der Waals surface area contributed by atoms with Crippen LogP contribution in [0.3, 0.4) is 0 Å². The van der Waals surface area contributed by atoms with Crippen molar-refractivity contribution in [3.05, 3.63) is 29.6 Å². The van der Waals surface area contributed by atoms with Gasteiger partial charge in [-0.25, -0.2) is 0 Å². The van der Waals surface area contributed by atoms with Gasteiger partial charge < -0.3 is 5.32 Å². The maximum atomic E-state index is 12.2. The first-order valence-corrected chi connectivity index (χ1v) is 5.65. The molecule has 0 aliphatic rings. The molecule has 0 radical (unpaired) electrons. The molecule has 5 heteroatoms. The van der Waals surface area contributed by atoms with Crippen LogP contribution in [0, 0.1) is 6.92 Å². The fourth-order valence-electron chi connectivity index (χ4n) is 1.79. The largest absolute Gasteiger partial charge is 0.389 e. The second-order valence-corrected chi connectivity index (χ2v) is 3.94. The molecule has 1 unspecified atom stereocenters. The molecule has 1 aromatic heterocycles. The van der Waals surface area contributed by atoms with Crippen LogP contribution in [0.4, 0.5) is 13.2 Å². The minimum Gasteiger partial charge on any atom is -0.310 e. The molecule has 0 fully saturated rings. The molecule has 0 saturated heterocycles. The molecular formula is C12H17F3N2. The van der Waals surface area contributed by atoms with Gasteiger partial charge in [0.25, 0.3) is 0 Å². The van der Waals surface area contributed by atoms with Crippen molar-refractivity contribution < 1.29 is 13.2 Å². The van der Waals surface area contributed by atoms with Crippen molar-refractivity contribution in [1.29, 1.82) is 0 Å². The summed E-state index contributed by atoms with van der Waals surface area (Å²) in [5.41, 5.74) is 1.62. The van der Waals surface area contributed by atoms with E-state index in [1.165, 1.54) is 0 Å². The number of rotatable bonds is 5. The van der Waals surface area contributed by atoms with Gasteiger partial charge in [-0.15, -0.1) is 0 Å². The molecule has 0 aliphatic carbocycles. The number of halogens is 3. The van der Waals surface area contributed by atoms with Gasteiger partial charge in [-0.3, -0.25) is 4.98 Å². The van der Waals surface area contributed by atoms with Crippen molar-refractivity contribution in [2.75, 3.05) is 6.54 Å². The van der Waals surface area contributed by atoms with Crippen LogP contribution in [-0.4, -0.2) is 17.7 Å². The Bertz CT molecular complexity index is 350. The van der Waals surface area contributed by atoms with Gasteiger partial charge >= 0.3 is 6.18 Å². The number of aryl methyl sites for hydroxylation is 1. The van der Waals surface area contributed by atoms with Gasteiger partial charge in [-0.05, 0) is 31.5 Å². The van der Waals surface area contributed by atoms with Crippen LogP contribution in [-0.2, 0) is 0 Å². The molecule has 1 rings (SSSR count). The molecular weight excluding hydrogens is 229 g/mol. The monoisotopic (exact) mass is 246 g/mol. The van der Waals surface area contributed by atoms with Crippen molar-refractivity contribution in [3.8, 4) is 0 Å². The van der Waals surface area contributed by atoms with Gasteiger partial charge in [0, 0.05) is 24.4 Å². The molecule has 0 aromatic carbocycles. The third-order valence-corrected chi connectivity index (χ3v) is 2.59. The van der Waals surface area contributed by atoms with Gasteiger partial charge in [0.2, 0.25) is 0 Å². The summed E-state index contributed by atoms with van der Waals surface area (Å²) in [5, 5.41) is 3.07. The first-order chi connectivity index (χ1) is 7.94. The van der Waals surface area contributed by atoms with Gasteiger partial charge in [-0.2, -0.15) is 13.2 Å². The number of hydrogen-bond acceptors (Lipinski definition) is 2. The van der Waals surface area contributed by atoms with Crippen LogP contribution in [0.1, 0.15) is 37.1 Å². The molecule has 1 heterocycles.